The summed E-state index contributed by atoms with van der Waals surface area (Å²) in [5.41, 5.74) is 7.02. The maximum absolute atomic E-state index is 14.3. The molecule has 1 aromatic rings. The van der Waals surface area contributed by atoms with Crippen molar-refractivity contribution in [2.45, 2.75) is 31.7 Å². The molecule has 0 saturated heterocycles. The lowest BCUT2D eigenvalue weighted by Crippen LogP contribution is -2.44. The Labute approximate surface area is 101 Å². The molecule has 0 amide bonds. The molecule has 17 heavy (non-hydrogen) atoms. The zero-order valence-corrected chi connectivity index (χ0v) is 10.5. The quantitative estimate of drug-likeness (QED) is 0.881. The predicted octanol–water partition coefficient (Wildman–Crippen LogP) is 2.49. The summed E-state index contributed by atoms with van der Waals surface area (Å²) in [5.74, 6) is 0.202. The summed E-state index contributed by atoms with van der Waals surface area (Å²) in [6.45, 7) is 1.87. The van der Waals surface area contributed by atoms with Crippen molar-refractivity contribution in [1.29, 1.82) is 0 Å². The van der Waals surface area contributed by atoms with Gasteiger partial charge in [-0.15, -0.1) is 0 Å². The van der Waals surface area contributed by atoms with Gasteiger partial charge < -0.3 is 15.2 Å². The van der Waals surface area contributed by atoms with Crippen LogP contribution in [0.25, 0.3) is 0 Å². The number of halogens is 1. The summed E-state index contributed by atoms with van der Waals surface area (Å²) in [6, 6.07) is 1.77. The Bertz CT molecular complexity index is 442. The van der Waals surface area contributed by atoms with Crippen LogP contribution in [0.5, 0.6) is 11.5 Å². The van der Waals surface area contributed by atoms with E-state index in [2.05, 4.69) is 0 Å². The van der Waals surface area contributed by atoms with Crippen molar-refractivity contribution in [3.05, 3.63) is 23.0 Å². The number of benzene rings is 1. The fourth-order valence-electron chi connectivity index (χ4n) is 2.37. The molecule has 0 unspecified atom stereocenters. The van der Waals surface area contributed by atoms with Crippen LogP contribution < -0.4 is 15.2 Å². The molecule has 4 heteroatoms. The van der Waals surface area contributed by atoms with E-state index in [9.17, 15) is 4.39 Å². The first-order valence-electron chi connectivity index (χ1n) is 5.74. The first-order valence-corrected chi connectivity index (χ1v) is 5.74. The molecule has 1 aromatic carbocycles. The third-order valence-electron chi connectivity index (χ3n) is 3.55. The lowest BCUT2D eigenvalue weighted by atomic mass is 9.72. The Balaban J connectivity index is 2.58. The van der Waals surface area contributed by atoms with Crippen LogP contribution in [-0.4, -0.2) is 14.2 Å². The summed E-state index contributed by atoms with van der Waals surface area (Å²) in [6.07, 6.45) is 2.68. The van der Waals surface area contributed by atoms with E-state index in [0.717, 1.165) is 24.8 Å². The van der Waals surface area contributed by atoms with Crippen molar-refractivity contribution >= 4 is 0 Å². The average molecular weight is 239 g/mol. The molecule has 2 N–H and O–H groups in total. The summed E-state index contributed by atoms with van der Waals surface area (Å²) in [4.78, 5) is 0. The van der Waals surface area contributed by atoms with Crippen LogP contribution in [0.1, 0.15) is 30.4 Å². The molecule has 0 aliphatic heterocycles. The third kappa shape index (κ3) is 1.76. The molecule has 1 fully saturated rings. The van der Waals surface area contributed by atoms with E-state index >= 15 is 0 Å². The molecule has 2 rings (SSSR count). The first-order chi connectivity index (χ1) is 8.03. The molecule has 3 nitrogen and oxygen atoms in total. The van der Waals surface area contributed by atoms with Crippen molar-refractivity contribution in [2.75, 3.05) is 14.2 Å². The Hall–Kier alpha value is -1.29. The van der Waals surface area contributed by atoms with Gasteiger partial charge in [-0.1, -0.05) is 0 Å². The van der Waals surface area contributed by atoms with Gasteiger partial charge >= 0.3 is 0 Å². The number of methoxy groups -OCH3 is 2. The smallest absolute Gasteiger partial charge is 0.197 e. The molecular weight excluding hydrogens is 221 g/mol. The molecule has 0 bridgehead atoms. The Kier molecular flexibility index (Phi) is 3.00. The minimum absolute atomic E-state index is 0.152. The van der Waals surface area contributed by atoms with Gasteiger partial charge in [0.05, 0.1) is 14.2 Å². The maximum atomic E-state index is 14.3. The van der Waals surface area contributed by atoms with Gasteiger partial charge in [0.2, 0.25) is 0 Å². The number of hydrogen-bond acceptors (Lipinski definition) is 3. The van der Waals surface area contributed by atoms with Crippen molar-refractivity contribution in [1.82, 2.24) is 0 Å². The summed E-state index contributed by atoms with van der Waals surface area (Å²) < 4.78 is 24.6. The average Bonchev–Trinajstić information content (AvgIpc) is 2.28. The monoisotopic (exact) mass is 239 g/mol. The standard InChI is InChI=1S/C13H18FNO2/c1-8-7-9(13(15)5-4-6-13)10(14)12(17-3)11(8)16-2/h7H,4-6,15H2,1-3H3. The van der Waals surface area contributed by atoms with E-state index in [1.165, 1.54) is 14.2 Å². The summed E-state index contributed by atoms with van der Waals surface area (Å²) in [5, 5.41) is 0. The number of aryl methyl sites for hydroxylation is 1. The van der Waals surface area contributed by atoms with Gasteiger partial charge in [-0.3, -0.25) is 0 Å². The zero-order chi connectivity index (χ0) is 12.6. The Morgan fingerprint density at radius 2 is 1.82 bits per heavy atom. The molecule has 1 saturated carbocycles. The fraction of sp³-hybridized carbons (Fsp3) is 0.538. The highest BCUT2D eigenvalue weighted by atomic mass is 19.1. The van der Waals surface area contributed by atoms with Gasteiger partial charge in [-0.2, -0.15) is 0 Å². The third-order valence-corrected chi connectivity index (χ3v) is 3.55. The summed E-state index contributed by atoms with van der Waals surface area (Å²) in [7, 11) is 2.94. The van der Waals surface area contributed by atoms with Crippen molar-refractivity contribution in [3.63, 3.8) is 0 Å². The molecule has 0 aromatic heterocycles. The van der Waals surface area contributed by atoms with E-state index in [1.54, 1.807) is 6.07 Å². The number of nitrogens with two attached hydrogens (primary N) is 1. The van der Waals surface area contributed by atoms with Crippen LogP contribution in [0.3, 0.4) is 0 Å². The topological polar surface area (TPSA) is 44.5 Å². The molecule has 0 radical (unpaired) electrons. The van der Waals surface area contributed by atoms with Crippen LogP contribution >= 0.6 is 0 Å². The van der Waals surface area contributed by atoms with Gasteiger partial charge in [-0.05, 0) is 37.8 Å². The van der Waals surface area contributed by atoms with Gasteiger partial charge in [-0.25, -0.2) is 4.39 Å². The fourth-order valence-corrected chi connectivity index (χ4v) is 2.37. The van der Waals surface area contributed by atoms with Crippen LogP contribution in [-0.2, 0) is 5.54 Å². The molecule has 0 spiro atoms. The highest BCUT2D eigenvalue weighted by Crippen LogP contribution is 2.45. The van der Waals surface area contributed by atoms with Gasteiger partial charge in [0.25, 0.3) is 0 Å². The van der Waals surface area contributed by atoms with E-state index in [4.69, 9.17) is 15.2 Å². The molecule has 1 aliphatic carbocycles. The lowest BCUT2D eigenvalue weighted by Gasteiger charge is -2.39. The molecule has 0 atom stereocenters. The largest absolute Gasteiger partial charge is 0.492 e. The second-order valence-electron chi connectivity index (χ2n) is 4.63. The van der Waals surface area contributed by atoms with Gasteiger partial charge in [0, 0.05) is 11.1 Å². The van der Waals surface area contributed by atoms with Gasteiger partial charge in [0.1, 0.15) is 0 Å². The van der Waals surface area contributed by atoms with Crippen molar-refractivity contribution < 1.29 is 13.9 Å². The maximum Gasteiger partial charge on any atom is 0.197 e. The van der Waals surface area contributed by atoms with Crippen LogP contribution in [0.2, 0.25) is 0 Å². The minimum Gasteiger partial charge on any atom is -0.492 e. The van der Waals surface area contributed by atoms with E-state index < -0.39 is 11.4 Å². The minimum atomic E-state index is -0.533. The van der Waals surface area contributed by atoms with Crippen LogP contribution in [0.4, 0.5) is 4.39 Å². The predicted molar refractivity (Wildman–Crippen MR) is 64.0 cm³/mol. The first kappa shape index (κ1) is 12.2. The SMILES string of the molecule is COc1c(C)cc(C2(N)CCC2)c(F)c1OC. The van der Waals surface area contributed by atoms with Crippen molar-refractivity contribution in [2.24, 2.45) is 5.73 Å². The second-order valence-corrected chi connectivity index (χ2v) is 4.63. The Morgan fingerprint density at radius 1 is 1.24 bits per heavy atom. The normalized spacial score (nSPS) is 17.5. The summed E-state index contributed by atoms with van der Waals surface area (Å²) >= 11 is 0. The molecular formula is C13H18FNO2. The van der Waals surface area contributed by atoms with Crippen LogP contribution in [0.15, 0.2) is 6.07 Å². The van der Waals surface area contributed by atoms with Crippen molar-refractivity contribution in [3.8, 4) is 11.5 Å². The molecule has 1 aliphatic rings. The second kappa shape index (κ2) is 4.18. The highest BCUT2D eigenvalue weighted by molar-refractivity contribution is 5.52. The number of rotatable bonds is 3. The Morgan fingerprint density at radius 3 is 2.24 bits per heavy atom. The van der Waals surface area contributed by atoms with Gasteiger partial charge in [0.15, 0.2) is 17.3 Å². The molecule has 0 heterocycles. The van der Waals surface area contributed by atoms with E-state index in [1.807, 2.05) is 6.92 Å². The lowest BCUT2D eigenvalue weighted by molar-refractivity contribution is 0.240. The zero-order valence-electron chi connectivity index (χ0n) is 10.5. The number of ether oxygens (including phenoxy) is 2. The highest BCUT2D eigenvalue weighted by Gasteiger charge is 2.38. The van der Waals surface area contributed by atoms with Crippen LogP contribution in [0, 0.1) is 12.7 Å². The number of hydrogen-bond donors (Lipinski definition) is 1. The van der Waals surface area contributed by atoms with E-state index in [-0.39, 0.29) is 5.75 Å². The molecule has 94 valence electrons. The van der Waals surface area contributed by atoms with E-state index in [0.29, 0.717) is 11.3 Å².